The van der Waals surface area contributed by atoms with Crippen molar-refractivity contribution in [1.82, 2.24) is 15.5 Å². The Kier molecular flexibility index (Phi) is 7.15. The molecular weight excluding hydrogens is 298 g/mol. The molecule has 1 aromatic rings. The Bertz CT molecular complexity index is 439. The Labute approximate surface area is 136 Å². The maximum Gasteiger partial charge on any atom is 0.315 e. The molecule has 6 heteroatoms. The Balaban J connectivity index is 1.68. The highest BCUT2D eigenvalue weighted by Gasteiger charge is 2.20. The zero-order valence-electron chi connectivity index (χ0n) is 13.3. The second-order valence-electron chi connectivity index (χ2n) is 6.09. The highest BCUT2D eigenvalue weighted by atomic mass is 32.1. The molecule has 1 fully saturated rings. The number of thiophene rings is 1. The molecule has 0 spiro atoms. The van der Waals surface area contributed by atoms with Crippen LogP contribution in [0.25, 0.3) is 0 Å². The van der Waals surface area contributed by atoms with E-state index in [1.165, 1.54) is 17.7 Å². The van der Waals surface area contributed by atoms with Gasteiger partial charge in [-0.2, -0.15) is 0 Å². The molecule has 0 bridgehead atoms. The molecular formula is C16H27N3O2S. The molecule has 2 atom stereocenters. The summed E-state index contributed by atoms with van der Waals surface area (Å²) in [4.78, 5) is 15.7. The van der Waals surface area contributed by atoms with Crippen molar-refractivity contribution in [2.24, 2.45) is 5.92 Å². The summed E-state index contributed by atoms with van der Waals surface area (Å²) >= 11 is 1.81. The van der Waals surface area contributed by atoms with Crippen LogP contribution in [0.1, 0.15) is 31.1 Å². The predicted octanol–water partition coefficient (Wildman–Crippen LogP) is 2.03. The van der Waals surface area contributed by atoms with Crippen LogP contribution >= 0.6 is 11.3 Å². The third kappa shape index (κ3) is 5.94. The van der Waals surface area contributed by atoms with Crippen LogP contribution in [0, 0.1) is 5.92 Å². The fourth-order valence-electron chi connectivity index (χ4n) is 2.86. The van der Waals surface area contributed by atoms with E-state index in [4.69, 9.17) is 5.11 Å². The van der Waals surface area contributed by atoms with Gasteiger partial charge in [-0.15, -0.1) is 11.3 Å². The van der Waals surface area contributed by atoms with Crippen molar-refractivity contribution in [3.8, 4) is 0 Å². The number of nitrogens with zero attached hydrogens (tertiary/aromatic N) is 1. The number of urea groups is 1. The van der Waals surface area contributed by atoms with E-state index in [0.717, 1.165) is 26.2 Å². The minimum absolute atomic E-state index is 0.00619. The first kappa shape index (κ1) is 17.2. The fourth-order valence-corrected chi connectivity index (χ4v) is 3.61. The molecule has 2 rings (SSSR count). The molecule has 0 aromatic carbocycles. The molecule has 0 radical (unpaired) electrons. The van der Waals surface area contributed by atoms with Crippen LogP contribution in [0.2, 0.25) is 0 Å². The molecule has 5 nitrogen and oxygen atoms in total. The standard InChI is InChI=1S/C16H27N3O2S/c1-13(6-8-20)18-16(21)17-10-14-4-2-7-19(11-14)12-15-5-3-9-22-15/h3,5,9,13-14,20H,2,4,6-8,10-12H2,1H3,(H2,17,18,21)/t13-,14?/m1/s1. The summed E-state index contributed by atoms with van der Waals surface area (Å²) in [5.74, 6) is 0.521. The number of hydrogen-bond acceptors (Lipinski definition) is 4. The van der Waals surface area contributed by atoms with Gasteiger partial charge in [-0.05, 0) is 50.1 Å². The van der Waals surface area contributed by atoms with Gasteiger partial charge in [0, 0.05) is 37.2 Å². The minimum Gasteiger partial charge on any atom is -0.396 e. The van der Waals surface area contributed by atoms with E-state index in [9.17, 15) is 4.79 Å². The number of nitrogens with one attached hydrogen (secondary N) is 2. The Hall–Kier alpha value is -1.11. The van der Waals surface area contributed by atoms with Gasteiger partial charge >= 0.3 is 6.03 Å². The number of carbonyl (C=O) groups is 1. The first-order chi connectivity index (χ1) is 10.7. The molecule has 2 amide bonds. The van der Waals surface area contributed by atoms with Crippen molar-refractivity contribution in [3.63, 3.8) is 0 Å². The third-order valence-corrected chi connectivity index (χ3v) is 4.91. The lowest BCUT2D eigenvalue weighted by Crippen LogP contribution is -2.45. The predicted molar refractivity (Wildman–Crippen MR) is 90.0 cm³/mol. The van der Waals surface area contributed by atoms with Crippen LogP contribution in [0.5, 0.6) is 0 Å². The number of aliphatic hydroxyl groups is 1. The number of piperidine rings is 1. The van der Waals surface area contributed by atoms with E-state index in [2.05, 4.69) is 33.0 Å². The highest BCUT2D eigenvalue weighted by molar-refractivity contribution is 7.09. The van der Waals surface area contributed by atoms with Crippen LogP contribution in [0.4, 0.5) is 4.79 Å². The lowest BCUT2D eigenvalue weighted by Gasteiger charge is -2.32. The number of likely N-dealkylation sites (tertiary alicyclic amines) is 1. The van der Waals surface area contributed by atoms with E-state index in [1.54, 1.807) is 11.3 Å². The van der Waals surface area contributed by atoms with Crippen molar-refractivity contribution in [2.45, 2.75) is 38.8 Å². The van der Waals surface area contributed by atoms with Gasteiger partial charge in [0.05, 0.1) is 0 Å². The lowest BCUT2D eigenvalue weighted by atomic mass is 9.98. The van der Waals surface area contributed by atoms with Gasteiger partial charge < -0.3 is 15.7 Å². The molecule has 2 heterocycles. The van der Waals surface area contributed by atoms with Crippen molar-refractivity contribution >= 4 is 17.4 Å². The van der Waals surface area contributed by atoms with E-state index < -0.39 is 0 Å². The lowest BCUT2D eigenvalue weighted by molar-refractivity contribution is 0.166. The van der Waals surface area contributed by atoms with Crippen LogP contribution in [-0.2, 0) is 6.54 Å². The molecule has 1 unspecified atom stereocenters. The maximum atomic E-state index is 11.8. The average molecular weight is 325 g/mol. The number of amides is 2. The largest absolute Gasteiger partial charge is 0.396 e. The number of carbonyl (C=O) groups excluding carboxylic acids is 1. The van der Waals surface area contributed by atoms with Crippen molar-refractivity contribution in [1.29, 1.82) is 0 Å². The summed E-state index contributed by atoms with van der Waals surface area (Å²) in [7, 11) is 0. The van der Waals surface area contributed by atoms with Crippen LogP contribution in [0.3, 0.4) is 0 Å². The van der Waals surface area contributed by atoms with Gasteiger partial charge in [0.1, 0.15) is 0 Å². The van der Waals surface area contributed by atoms with E-state index in [0.29, 0.717) is 12.3 Å². The summed E-state index contributed by atoms with van der Waals surface area (Å²) in [6.45, 7) is 5.94. The fraction of sp³-hybridized carbons (Fsp3) is 0.688. The van der Waals surface area contributed by atoms with Gasteiger partial charge in [0.25, 0.3) is 0 Å². The van der Waals surface area contributed by atoms with Crippen LogP contribution in [-0.4, -0.2) is 48.3 Å². The van der Waals surface area contributed by atoms with Gasteiger partial charge in [-0.25, -0.2) is 4.79 Å². The highest BCUT2D eigenvalue weighted by Crippen LogP contribution is 2.19. The Morgan fingerprint density at radius 3 is 3.18 bits per heavy atom. The van der Waals surface area contributed by atoms with E-state index >= 15 is 0 Å². The zero-order chi connectivity index (χ0) is 15.8. The van der Waals surface area contributed by atoms with Crippen molar-refractivity contribution in [3.05, 3.63) is 22.4 Å². The van der Waals surface area contributed by atoms with Gasteiger partial charge in [-0.1, -0.05) is 6.07 Å². The monoisotopic (exact) mass is 325 g/mol. The summed E-state index contributed by atoms with van der Waals surface area (Å²) < 4.78 is 0. The normalized spacial score (nSPS) is 20.5. The van der Waals surface area contributed by atoms with Crippen molar-refractivity contribution in [2.75, 3.05) is 26.2 Å². The SMILES string of the molecule is C[C@H](CCO)NC(=O)NCC1CCCN(Cc2cccs2)C1. The smallest absolute Gasteiger partial charge is 0.315 e. The Morgan fingerprint density at radius 2 is 2.45 bits per heavy atom. The average Bonchev–Trinajstić information content (AvgIpc) is 2.99. The summed E-state index contributed by atoms with van der Waals surface area (Å²) in [6, 6.07) is 4.16. The third-order valence-electron chi connectivity index (χ3n) is 4.05. The molecule has 3 N–H and O–H groups in total. The second-order valence-corrected chi connectivity index (χ2v) is 7.12. The summed E-state index contributed by atoms with van der Waals surface area (Å²) in [5.41, 5.74) is 0. The minimum atomic E-state index is -0.128. The molecule has 1 aliphatic heterocycles. The van der Waals surface area contributed by atoms with Gasteiger partial charge in [-0.3, -0.25) is 4.90 Å². The quantitative estimate of drug-likeness (QED) is 0.719. The first-order valence-corrected chi connectivity index (χ1v) is 8.95. The zero-order valence-corrected chi connectivity index (χ0v) is 14.1. The molecule has 1 aliphatic rings. The number of aliphatic hydroxyl groups excluding tert-OH is 1. The number of hydrogen-bond donors (Lipinski definition) is 3. The molecule has 124 valence electrons. The van der Waals surface area contributed by atoms with Crippen LogP contribution < -0.4 is 10.6 Å². The first-order valence-electron chi connectivity index (χ1n) is 8.07. The van der Waals surface area contributed by atoms with E-state index in [1.807, 2.05) is 6.92 Å². The molecule has 22 heavy (non-hydrogen) atoms. The second kappa shape index (κ2) is 9.12. The molecule has 1 aromatic heterocycles. The van der Waals surface area contributed by atoms with E-state index in [-0.39, 0.29) is 18.7 Å². The molecule has 0 saturated carbocycles. The van der Waals surface area contributed by atoms with Crippen molar-refractivity contribution < 1.29 is 9.90 Å². The molecule has 0 aliphatic carbocycles. The summed E-state index contributed by atoms with van der Waals surface area (Å²) in [5, 5.41) is 16.8. The maximum absolute atomic E-state index is 11.8. The van der Waals surface area contributed by atoms with Crippen LogP contribution in [0.15, 0.2) is 17.5 Å². The number of rotatable bonds is 7. The Morgan fingerprint density at radius 1 is 1.59 bits per heavy atom. The topological polar surface area (TPSA) is 64.6 Å². The van der Waals surface area contributed by atoms with Gasteiger partial charge in [0.15, 0.2) is 0 Å². The summed E-state index contributed by atoms with van der Waals surface area (Å²) in [6.07, 6.45) is 2.96. The molecule has 1 saturated heterocycles. The van der Waals surface area contributed by atoms with Gasteiger partial charge in [0.2, 0.25) is 0 Å².